The van der Waals surface area contributed by atoms with Crippen molar-refractivity contribution in [3.05, 3.63) is 29.8 Å². The van der Waals surface area contributed by atoms with Crippen LogP contribution in [0, 0.1) is 0 Å². The highest BCUT2D eigenvalue weighted by Gasteiger charge is 2.17. The second-order valence-corrected chi connectivity index (χ2v) is 4.70. The first-order valence-corrected chi connectivity index (χ1v) is 6.54. The molecule has 1 saturated heterocycles. The van der Waals surface area contributed by atoms with Gasteiger partial charge in [-0.05, 0) is 43.7 Å². The zero-order valence-electron chi connectivity index (χ0n) is 11.0. The fraction of sp³-hybridized carbons (Fsp3) is 0.429. The van der Waals surface area contributed by atoms with Gasteiger partial charge in [0.25, 0.3) is 5.91 Å². The van der Waals surface area contributed by atoms with Crippen LogP contribution >= 0.6 is 0 Å². The highest BCUT2D eigenvalue weighted by Crippen LogP contribution is 2.13. The molecule has 1 unspecified atom stereocenters. The minimum atomic E-state index is -0.131. The maximum atomic E-state index is 11.8. The van der Waals surface area contributed by atoms with Crippen LogP contribution in [0.4, 0.5) is 5.69 Å². The number of amides is 2. The average Bonchev–Trinajstić information content (AvgIpc) is 2.91. The summed E-state index contributed by atoms with van der Waals surface area (Å²) >= 11 is 0. The summed E-state index contributed by atoms with van der Waals surface area (Å²) < 4.78 is 0. The maximum Gasteiger partial charge on any atom is 0.251 e. The SMILES string of the molecule is CNC(=O)c1ccc(NC(=O)CC2CCCN2)cc1. The van der Waals surface area contributed by atoms with Crippen molar-refractivity contribution in [1.29, 1.82) is 0 Å². The molecule has 0 bridgehead atoms. The van der Waals surface area contributed by atoms with Crippen molar-refractivity contribution < 1.29 is 9.59 Å². The van der Waals surface area contributed by atoms with Gasteiger partial charge in [0.05, 0.1) is 0 Å². The van der Waals surface area contributed by atoms with Gasteiger partial charge in [-0.3, -0.25) is 9.59 Å². The Morgan fingerprint density at radius 2 is 2.05 bits per heavy atom. The van der Waals surface area contributed by atoms with Crippen molar-refractivity contribution in [3.63, 3.8) is 0 Å². The Hall–Kier alpha value is -1.88. The number of anilines is 1. The number of hydrogen-bond acceptors (Lipinski definition) is 3. The van der Waals surface area contributed by atoms with Crippen LogP contribution in [0.5, 0.6) is 0 Å². The fourth-order valence-electron chi connectivity index (χ4n) is 2.22. The molecule has 1 heterocycles. The minimum absolute atomic E-state index is 0.00657. The molecule has 102 valence electrons. The van der Waals surface area contributed by atoms with E-state index in [1.54, 1.807) is 31.3 Å². The van der Waals surface area contributed by atoms with E-state index in [2.05, 4.69) is 16.0 Å². The molecule has 3 N–H and O–H groups in total. The number of carbonyl (C=O) groups excluding carboxylic acids is 2. The number of nitrogens with one attached hydrogen (secondary N) is 3. The summed E-state index contributed by atoms with van der Waals surface area (Å²) in [6.07, 6.45) is 2.69. The van der Waals surface area contributed by atoms with Gasteiger partial charge in [-0.1, -0.05) is 0 Å². The zero-order valence-corrected chi connectivity index (χ0v) is 11.0. The molecule has 1 aliphatic heterocycles. The topological polar surface area (TPSA) is 70.2 Å². The molecule has 1 atom stereocenters. The van der Waals surface area contributed by atoms with Crippen LogP contribution in [0.25, 0.3) is 0 Å². The van der Waals surface area contributed by atoms with Crippen molar-refractivity contribution >= 4 is 17.5 Å². The Morgan fingerprint density at radius 1 is 1.32 bits per heavy atom. The Labute approximate surface area is 112 Å². The van der Waals surface area contributed by atoms with E-state index in [-0.39, 0.29) is 11.8 Å². The Bertz CT molecular complexity index is 450. The summed E-state index contributed by atoms with van der Waals surface area (Å²) in [6, 6.07) is 7.17. The third-order valence-corrected chi connectivity index (χ3v) is 3.25. The molecule has 5 nitrogen and oxygen atoms in total. The first kappa shape index (κ1) is 13.5. The standard InChI is InChI=1S/C14H19N3O2/c1-15-14(19)10-4-6-11(7-5-10)17-13(18)9-12-3-2-8-16-12/h4-7,12,16H,2-3,8-9H2,1H3,(H,15,19)(H,17,18). The fourth-order valence-corrected chi connectivity index (χ4v) is 2.22. The van der Waals surface area contributed by atoms with Gasteiger partial charge in [-0.25, -0.2) is 0 Å². The normalized spacial score (nSPS) is 18.1. The van der Waals surface area contributed by atoms with Crippen molar-refractivity contribution in [2.45, 2.75) is 25.3 Å². The van der Waals surface area contributed by atoms with Crippen LogP contribution in [0.2, 0.25) is 0 Å². The van der Waals surface area contributed by atoms with Crippen molar-refractivity contribution in [2.75, 3.05) is 18.9 Å². The van der Waals surface area contributed by atoms with Crippen LogP contribution in [0.1, 0.15) is 29.6 Å². The monoisotopic (exact) mass is 261 g/mol. The Morgan fingerprint density at radius 3 is 2.63 bits per heavy atom. The van der Waals surface area contributed by atoms with E-state index < -0.39 is 0 Å². The molecular formula is C14H19N3O2. The van der Waals surface area contributed by atoms with Gasteiger partial charge in [-0.15, -0.1) is 0 Å². The maximum absolute atomic E-state index is 11.8. The number of carbonyl (C=O) groups is 2. The Kier molecular flexibility index (Phi) is 4.52. The molecule has 0 saturated carbocycles. The van der Waals surface area contributed by atoms with Gasteiger partial charge in [0, 0.05) is 30.8 Å². The first-order chi connectivity index (χ1) is 9.19. The molecule has 2 rings (SSSR count). The zero-order chi connectivity index (χ0) is 13.7. The lowest BCUT2D eigenvalue weighted by atomic mass is 10.1. The molecule has 1 fully saturated rings. The predicted molar refractivity (Wildman–Crippen MR) is 74.1 cm³/mol. The third kappa shape index (κ3) is 3.79. The smallest absolute Gasteiger partial charge is 0.251 e. The molecule has 19 heavy (non-hydrogen) atoms. The molecule has 1 aromatic rings. The van der Waals surface area contributed by atoms with Gasteiger partial charge >= 0.3 is 0 Å². The van der Waals surface area contributed by atoms with E-state index in [0.29, 0.717) is 18.0 Å². The Balaban J connectivity index is 1.88. The highest BCUT2D eigenvalue weighted by atomic mass is 16.2. The van der Waals surface area contributed by atoms with Crippen LogP contribution in [-0.4, -0.2) is 31.4 Å². The van der Waals surface area contributed by atoms with E-state index in [0.717, 1.165) is 25.1 Å². The summed E-state index contributed by atoms with van der Waals surface area (Å²) in [6.45, 7) is 0.999. The second-order valence-electron chi connectivity index (χ2n) is 4.70. The summed E-state index contributed by atoms with van der Waals surface area (Å²) in [5.74, 6) is -0.125. The molecule has 1 aliphatic rings. The lowest BCUT2D eigenvalue weighted by Crippen LogP contribution is -2.27. The molecular weight excluding hydrogens is 242 g/mol. The lowest BCUT2D eigenvalue weighted by molar-refractivity contribution is -0.116. The van der Waals surface area contributed by atoms with Gasteiger partial charge in [-0.2, -0.15) is 0 Å². The van der Waals surface area contributed by atoms with Crippen LogP contribution in [0.3, 0.4) is 0 Å². The van der Waals surface area contributed by atoms with E-state index >= 15 is 0 Å². The van der Waals surface area contributed by atoms with Crippen molar-refractivity contribution in [1.82, 2.24) is 10.6 Å². The lowest BCUT2D eigenvalue weighted by Gasteiger charge is -2.10. The van der Waals surface area contributed by atoms with Crippen LogP contribution in [0.15, 0.2) is 24.3 Å². The number of hydrogen-bond donors (Lipinski definition) is 3. The molecule has 2 amide bonds. The molecule has 0 aliphatic carbocycles. The van der Waals surface area contributed by atoms with Crippen LogP contribution in [-0.2, 0) is 4.79 Å². The summed E-state index contributed by atoms with van der Waals surface area (Å²) in [5.41, 5.74) is 1.30. The number of rotatable bonds is 4. The quantitative estimate of drug-likeness (QED) is 0.761. The van der Waals surface area contributed by atoms with E-state index in [1.807, 2.05) is 0 Å². The first-order valence-electron chi connectivity index (χ1n) is 6.54. The van der Waals surface area contributed by atoms with Gasteiger partial charge < -0.3 is 16.0 Å². The summed E-state index contributed by atoms with van der Waals surface area (Å²) in [7, 11) is 1.59. The predicted octanol–water partition coefficient (Wildman–Crippen LogP) is 1.13. The largest absolute Gasteiger partial charge is 0.355 e. The summed E-state index contributed by atoms with van der Waals surface area (Å²) in [4.78, 5) is 23.2. The van der Waals surface area contributed by atoms with Gasteiger partial charge in [0.2, 0.25) is 5.91 Å². The third-order valence-electron chi connectivity index (χ3n) is 3.25. The number of benzene rings is 1. The molecule has 0 aromatic heterocycles. The molecule has 5 heteroatoms. The molecule has 0 radical (unpaired) electrons. The molecule has 1 aromatic carbocycles. The van der Waals surface area contributed by atoms with Crippen molar-refractivity contribution in [2.24, 2.45) is 0 Å². The average molecular weight is 261 g/mol. The van der Waals surface area contributed by atoms with Crippen molar-refractivity contribution in [3.8, 4) is 0 Å². The van der Waals surface area contributed by atoms with E-state index in [9.17, 15) is 9.59 Å². The minimum Gasteiger partial charge on any atom is -0.355 e. The van der Waals surface area contributed by atoms with Crippen LogP contribution < -0.4 is 16.0 Å². The van der Waals surface area contributed by atoms with E-state index in [1.165, 1.54) is 0 Å². The van der Waals surface area contributed by atoms with E-state index in [4.69, 9.17) is 0 Å². The molecule has 0 spiro atoms. The van der Waals surface area contributed by atoms with Gasteiger partial charge in [0.1, 0.15) is 0 Å². The second kappa shape index (κ2) is 6.33. The summed E-state index contributed by atoms with van der Waals surface area (Å²) in [5, 5.41) is 8.69. The van der Waals surface area contributed by atoms with Gasteiger partial charge in [0.15, 0.2) is 0 Å². The highest BCUT2D eigenvalue weighted by molar-refractivity contribution is 5.95.